The third-order valence-electron chi connectivity index (χ3n) is 4.05. The number of alkyl halides is 6. The van der Waals surface area contributed by atoms with Crippen LogP contribution in [-0.4, -0.2) is 27.9 Å². The van der Waals surface area contributed by atoms with Crippen molar-refractivity contribution in [3.05, 3.63) is 33.7 Å². The minimum atomic E-state index is -6.72. The van der Waals surface area contributed by atoms with Crippen LogP contribution in [0.15, 0.2) is 18.5 Å². The second-order valence-electron chi connectivity index (χ2n) is 6.73. The van der Waals surface area contributed by atoms with Crippen molar-refractivity contribution in [1.29, 1.82) is 0 Å². The maximum Gasteiger partial charge on any atom is 0.480 e. The molecule has 0 radical (unpaired) electrons. The Morgan fingerprint density at radius 2 is 1.26 bits per heavy atom. The van der Waals surface area contributed by atoms with Gasteiger partial charge in [-0.1, -0.05) is 32.6 Å². The fraction of sp³-hybridized carbons (Fsp3) is 0.706. The molecule has 1 aromatic rings. The summed E-state index contributed by atoms with van der Waals surface area (Å²) in [6, 6.07) is 2.21. The summed E-state index contributed by atoms with van der Waals surface area (Å²) in [5.41, 5.74) is -9.62. The van der Waals surface area contributed by atoms with E-state index in [9.17, 15) is 43.2 Å². The monoisotopic (exact) mass is 500 g/mol. The number of aromatic nitrogens is 1. The van der Waals surface area contributed by atoms with Crippen LogP contribution in [0.4, 0.5) is 26.3 Å². The molecule has 0 amide bonds. The van der Waals surface area contributed by atoms with Crippen LogP contribution in [0.1, 0.15) is 56.6 Å². The van der Waals surface area contributed by atoms with Gasteiger partial charge in [-0.2, -0.15) is 26.3 Å². The van der Waals surface area contributed by atoms with Gasteiger partial charge in [0.25, 0.3) is 0 Å². The minimum Gasteiger partial charge on any atom is -0.421 e. The summed E-state index contributed by atoms with van der Waals surface area (Å²) < 4.78 is 112. The van der Waals surface area contributed by atoms with Gasteiger partial charge < -0.3 is 4.13 Å². The molecule has 0 aromatic carbocycles. The van der Waals surface area contributed by atoms with Crippen LogP contribution in [0.25, 0.3) is 4.13 Å². The van der Waals surface area contributed by atoms with Crippen molar-refractivity contribution in [3.63, 3.8) is 0 Å². The third-order valence-corrected chi connectivity index (χ3v) is 6.79. The molecule has 0 fully saturated rings. The number of aryl methyl sites for hydroxylation is 3. The number of rotatable bonds is 9. The first-order chi connectivity index (χ1) is 13.9. The van der Waals surface area contributed by atoms with Gasteiger partial charge in [0.2, 0.25) is 0 Å². The molecule has 1 aromatic heterocycles. The van der Waals surface area contributed by atoms with Crippen LogP contribution in [0.5, 0.6) is 0 Å². The Kier molecular flexibility index (Phi) is 11.5. The number of pyridine rings is 1. The molecule has 14 heteroatoms. The summed E-state index contributed by atoms with van der Waals surface area (Å²) in [7, 11) is -13.4. The van der Waals surface area contributed by atoms with E-state index in [1.54, 1.807) is 0 Å². The van der Waals surface area contributed by atoms with Gasteiger partial charge in [0.05, 0.1) is 0 Å². The van der Waals surface area contributed by atoms with Crippen LogP contribution in [-0.2, 0) is 26.6 Å². The Balaban J connectivity index is 0.000000582. The predicted octanol–water partition coefficient (Wildman–Crippen LogP) is 5.01. The van der Waals surface area contributed by atoms with Crippen molar-refractivity contribution in [2.75, 3.05) is 0 Å². The maximum absolute atomic E-state index is 11.4. The van der Waals surface area contributed by atoms with Gasteiger partial charge in [-0.05, 0) is 25.8 Å². The summed E-state index contributed by atoms with van der Waals surface area (Å²) >= 11 is 0. The predicted molar refractivity (Wildman–Crippen MR) is 103 cm³/mol. The van der Waals surface area contributed by atoms with E-state index in [2.05, 4.69) is 43.8 Å². The lowest BCUT2D eigenvalue weighted by Crippen LogP contribution is -2.33. The van der Waals surface area contributed by atoms with Gasteiger partial charge in [0.1, 0.15) is 6.54 Å². The number of hydrogen-bond donors (Lipinski definition) is 0. The molecule has 0 saturated heterocycles. The first-order valence-electron chi connectivity index (χ1n) is 9.27. The van der Waals surface area contributed by atoms with Gasteiger partial charge in [-0.25, -0.2) is 21.4 Å². The molecular weight excluding hydrogens is 474 g/mol. The summed E-state index contributed by atoms with van der Waals surface area (Å²) in [4.78, 5) is 0. The topological polar surface area (TPSA) is 86.3 Å². The first kappa shape index (κ1) is 29.6. The van der Waals surface area contributed by atoms with Gasteiger partial charge in [0.15, 0.2) is 32.4 Å². The van der Waals surface area contributed by atoms with Crippen molar-refractivity contribution in [2.24, 2.45) is 0 Å². The molecule has 0 bridgehead atoms. The molecule has 1 rings (SSSR count). The number of sulfonamides is 2. The highest BCUT2D eigenvalue weighted by Crippen LogP contribution is 2.36. The van der Waals surface area contributed by atoms with Crippen LogP contribution >= 0.6 is 0 Å². The molecule has 0 aliphatic rings. The van der Waals surface area contributed by atoms with Crippen molar-refractivity contribution >= 4 is 20.0 Å². The summed E-state index contributed by atoms with van der Waals surface area (Å²) in [6.45, 7) is 7.80. The molecule has 6 nitrogen and oxygen atoms in total. The van der Waals surface area contributed by atoms with E-state index in [0.29, 0.717) is 0 Å². The molecule has 31 heavy (non-hydrogen) atoms. The van der Waals surface area contributed by atoms with E-state index in [4.69, 9.17) is 0 Å². The van der Waals surface area contributed by atoms with Gasteiger partial charge in [-0.15, -0.1) is 0 Å². The Hall–Kier alpha value is -1.41. The lowest BCUT2D eigenvalue weighted by Gasteiger charge is -2.22. The second-order valence-corrected chi connectivity index (χ2v) is 10.2. The molecule has 0 N–H and O–H groups in total. The quantitative estimate of drug-likeness (QED) is 0.271. The maximum atomic E-state index is 11.4. The van der Waals surface area contributed by atoms with Crippen molar-refractivity contribution in [1.82, 2.24) is 0 Å². The highest BCUT2D eigenvalue weighted by molar-refractivity contribution is 8.13. The fourth-order valence-electron chi connectivity index (χ4n) is 2.16. The SMILES string of the molecule is CCCCCCCC[n+]1ccc(C)c(C)c1.O=S(=O)([N-]S(=O)(=O)C(F)(F)F)C(F)(F)F. The summed E-state index contributed by atoms with van der Waals surface area (Å²) in [5, 5.41) is 0. The van der Waals surface area contributed by atoms with Gasteiger partial charge >= 0.3 is 11.0 Å². The van der Waals surface area contributed by atoms with Gasteiger partial charge in [-0.3, -0.25) is 0 Å². The molecule has 0 atom stereocenters. The molecular formula is C17H26F6N2O4S2. The molecule has 1 heterocycles. The average Bonchev–Trinajstić information content (AvgIpc) is 2.59. The molecule has 0 unspecified atom stereocenters. The molecule has 182 valence electrons. The highest BCUT2D eigenvalue weighted by Gasteiger charge is 2.46. The zero-order valence-corrected chi connectivity index (χ0v) is 18.9. The molecule has 0 saturated carbocycles. The summed E-state index contributed by atoms with van der Waals surface area (Å²) in [6.07, 6.45) is 12.7. The Labute approximate surface area is 178 Å². The van der Waals surface area contributed by atoms with E-state index in [1.807, 2.05) is 0 Å². The standard InChI is InChI=1S/C15H26N.C2F6NO4S2/c1-4-5-6-7-8-9-11-16-12-10-14(2)15(3)13-16;3-1(4,5)14(10,11)9-15(12,13)2(6,7)8/h10,12-13H,4-9,11H2,1-3H3;/q+1;-1. The number of unbranched alkanes of at least 4 members (excludes halogenated alkanes) is 5. The largest absolute Gasteiger partial charge is 0.480 e. The van der Waals surface area contributed by atoms with Crippen molar-refractivity contribution < 1.29 is 47.7 Å². The average molecular weight is 501 g/mol. The number of nitrogens with zero attached hydrogens (tertiary/aromatic N) is 2. The zero-order chi connectivity index (χ0) is 24.5. The Morgan fingerprint density at radius 1 is 0.806 bits per heavy atom. The normalized spacial score (nSPS) is 12.9. The van der Waals surface area contributed by atoms with Crippen LogP contribution in [0.2, 0.25) is 0 Å². The van der Waals surface area contributed by atoms with E-state index >= 15 is 0 Å². The van der Waals surface area contributed by atoms with E-state index < -0.39 is 31.1 Å². The lowest BCUT2D eigenvalue weighted by atomic mass is 10.1. The van der Waals surface area contributed by atoms with E-state index in [0.717, 1.165) is 4.13 Å². The first-order valence-corrected chi connectivity index (χ1v) is 12.2. The third kappa shape index (κ3) is 10.6. The number of halogens is 6. The summed E-state index contributed by atoms with van der Waals surface area (Å²) in [5.74, 6) is 0. The zero-order valence-electron chi connectivity index (χ0n) is 17.3. The molecule has 0 aliphatic carbocycles. The van der Waals surface area contributed by atoms with E-state index in [-0.39, 0.29) is 0 Å². The fourth-order valence-corrected chi connectivity index (χ4v) is 3.87. The lowest BCUT2D eigenvalue weighted by molar-refractivity contribution is -0.697. The molecule has 0 spiro atoms. The van der Waals surface area contributed by atoms with Gasteiger partial charge in [0, 0.05) is 18.1 Å². The highest BCUT2D eigenvalue weighted by atomic mass is 32.3. The Bertz CT molecular complexity index is 856. The van der Waals surface area contributed by atoms with E-state index in [1.165, 1.54) is 56.2 Å². The van der Waals surface area contributed by atoms with Crippen molar-refractivity contribution in [2.45, 2.75) is 76.9 Å². The van der Waals surface area contributed by atoms with Crippen molar-refractivity contribution in [3.8, 4) is 0 Å². The second kappa shape index (κ2) is 12.0. The van der Waals surface area contributed by atoms with Crippen LogP contribution in [0.3, 0.4) is 0 Å². The Morgan fingerprint density at radius 3 is 1.68 bits per heavy atom. The van der Waals surface area contributed by atoms with Crippen LogP contribution in [0, 0.1) is 13.8 Å². The van der Waals surface area contributed by atoms with Crippen LogP contribution < -0.4 is 4.57 Å². The smallest absolute Gasteiger partial charge is 0.421 e. The molecule has 0 aliphatic heterocycles. The minimum absolute atomic E-state index is 0.778. The number of hydrogen-bond acceptors (Lipinski definition) is 4.